The van der Waals surface area contributed by atoms with Gasteiger partial charge < -0.3 is 10.7 Å². The lowest BCUT2D eigenvalue weighted by Gasteiger charge is -2.10. The Morgan fingerprint density at radius 3 is 2.79 bits per heavy atom. The van der Waals surface area contributed by atoms with E-state index in [1.54, 1.807) is 12.3 Å². The molecular weight excluding hydrogens is 240 g/mol. The van der Waals surface area contributed by atoms with Crippen molar-refractivity contribution in [3.05, 3.63) is 58.5 Å². The van der Waals surface area contributed by atoms with Gasteiger partial charge in [0.1, 0.15) is 5.65 Å². The number of aromatic nitrogens is 3. The molecule has 96 valence electrons. The summed E-state index contributed by atoms with van der Waals surface area (Å²) >= 11 is 0. The van der Waals surface area contributed by atoms with E-state index in [-0.39, 0.29) is 11.5 Å². The van der Waals surface area contributed by atoms with E-state index >= 15 is 0 Å². The Morgan fingerprint density at radius 1 is 1.21 bits per heavy atom. The zero-order valence-corrected chi connectivity index (χ0v) is 10.3. The summed E-state index contributed by atoms with van der Waals surface area (Å²) in [6.45, 7) is 0.681. The van der Waals surface area contributed by atoms with Crippen LogP contribution in [-0.2, 0) is 13.0 Å². The summed E-state index contributed by atoms with van der Waals surface area (Å²) < 4.78 is 1.84. The predicted molar refractivity (Wildman–Crippen MR) is 74.9 cm³/mol. The molecule has 0 unspecified atom stereocenters. The van der Waals surface area contributed by atoms with Crippen molar-refractivity contribution in [2.45, 2.75) is 13.0 Å². The molecule has 5 heteroatoms. The first-order valence-corrected chi connectivity index (χ1v) is 6.13. The molecule has 0 atom stereocenters. The van der Waals surface area contributed by atoms with E-state index in [1.165, 1.54) is 5.56 Å². The third kappa shape index (κ3) is 2.10. The summed E-state index contributed by atoms with van der Waals surface area (Å²) in [7, 11) is 0. The van der Waals surface area contributed by atoms with Crippen LogP contribution in [0.5, 0.6) is 0 Å². The fourth-order valence-electron chi connectivity index (χ4n) is 2.21. The minimum absolute atomic E-state index is 0.246. The van der Waals surface area contributed by atoms with Gasteiger partial charge in [0.05, 0.1) is 5.39 Å². The molecule has 5 nitrogen and oxygen atoms in total. The van der Waals surface area contributed by atoms with E-state index in [9.17, 15) is 4.79 Å². The quantitative estimate of drug-likeness (QED) is 0.744. The molecule has 0 fully saturated rings. The Balaban J connectivity index is 1.97. The lowest BCUT2D eigenvalue weighted by atomic mass is 10.1. The Morgan fingerprint density at radius 2 is 2.00 bits per heavy atom. The van der Waals surface area contributed by atoms with Crippen molar-refractivity contribution < 1.29 is 0 Å². The van der Waals surface area contributed by atoms with Crippen LogP contribution in [0.1, 0.15) is 5.56 Å². The van der Waals surface area contributed by atoms with Crippen molar-refractivity contribution >= 4 is 17.0 Å². The van der Waals surface area contributed by atoms with Crippen molar-refractivity contribution in [2.75, 3.05) is 5.73 Å². The van der Waals surface area contributed by atoms with Gasteiger partial charge in [-0.1, -0.05) is 30.3 Å². The molecule has 0 spiro atoms. The van der Waals surface area contributed by atoms with Crippen LogP contribution in [0.4, 0.5) is 5.95 Å². The number of nitrogens with one attached hydrogen (secondary N) is 1. The van der Waals surface area contributed by atoms with Gasteiger partial charge in [-0.15, -0.1) is 0 Å². The molecule has 0 aliphatic heterocycles. The van der Waals surface area contributed by atoms with Crippen molar-refractivity contribution in [1.82, 2.24) is 14.5 Å². The number of hydrogen-bond acceptors (Lipinski definition) is 3. The van der Waals surface area contributed by atoms with Crippen molar-refractivity contribution in [2.24, 2.45) is 0 Å². The highest BCUT2D eigenvalue weighted by Crippen LogP contribution is 2.12. The third-order valence-corrected chi connectivity index (χ3v) is 3.19. The maximum absolute atomic E-state index is 11.7. The Kier molecular flexibility index (Phi) is 2.79. The number of nitrogen functional groups attached to an aromatic ring is 1. The highest BCUT2D eigenvalue weighted by Gasteiger charge is 2.09. The zero-order valence-electron chi connectivity index (χ0n) is 10.3. The van der Waals surface area contributed by atoms with Gasteiger partial charge in [0.15, 0.2) is 0 Å². The number of hydrogen-bond donors (Lipinski definition) is 2. The number of aryl methyl sites for hydroxylation is 2. The van der Waals surface area contributed by atoms with E-state index in [0.717, 1.165) is 12.1 Å². The summed E-state index contributed by atoms with van der Waals surface area (Å²) in [5.74, 6) is 0.246. The average Bonchev–Trinajstić information content (AvgIpc) is 2.89. The summed E-state index contributed by atoms with van der Waals surface area (Å²) in [6.07, 6.45) is 2.57. The molecule has 0 amide bonds. The van der Waals surface area contributed by atoms with E-state index < -0.39 is 0 Å². The van der Waals surface area contributed by atoms with E-state index in [2.05, 4.69) is 22.1 Å². The molecule has 3 rings (SSSR count). The second-order valence-electron chi connectivity index (χ2n) is 4.40. The average molecular weight is 254 g/mol. The Hall–Kier alpha value is -2.56. The lowest BCUT2D eigenvalue weighted by Crippen LogP contribution is -2.18. The molecule has 2 heterocycles. The number of anilines is 1. The normalized spacial score (nSPS) is 10.9. The molecule has 0 saturated carbocycles. The van der Waals surface area contributed by atoms with Gasteiger partial charge in [-0.2, -0.15) is 4.98 Å². The fourth-order valence-corrected chi connectivity index (χ4v) is 2.21. The SMILES string of the molecule is Nc1nc(=O)c2cc[nH]c2n1CCc1ccccc1. The van der Waals surface area contributed by atoms with Crippen LogP contribution in [-0.4, -0.2) is 14.5 Å². The van der Waals surface area contributed by atoms with Crippen LogP contribution < -0.4 is 11.3 Å². The van der Waals surface area contributed by atoms with Crippen molar-refractivity contribution in [3.63, 3.8) is 0 Å². The number of fused-ring (bicyclic) bond motifs is 1. The van der Waals surface area contributed by atoms with Gasteiger partial charge >= 0.3 is 0 Å². The Bertz CT molecular complexity index is 758. The second-order valence-corrected chi connectivity index (χ2v) is 4.40. The van der Waals surface area contributed by atoms with Crippen molar-refractivity contribution in [3.8, 4) is 0 Å². The summed E-state index contributed by atoms with van der Waals surface area (Å²) in [6, 6.07) is 11.9. The monoisotopic (exact) mass is 254 g/mol. The minimum atomic E-state index is -0.287. The molecule has 0 aliphatic rings. The van der Waals surface area contributed by atoms with Crippen LogP contribution in [0.25, 0.3) is 11.0 Å². The minimum Gasteiger partial charge on any atom is -0.369 e. The number of benzene rings is 1. The topological polar surface area (TPSA) is 76.7 Å². The van der Waals surface area contributed by atoms with Crippen LogP contribution in [0, 0.1) is 0 Å². The summed E-state index contributed by atoms with van der Waals surface area (Å²) in [4.78, 5) is 18.6. The van der Waals surface area contributed by atoms with Gasteiger partial charge in [0, 0.05) is 12.7 Å². The molecule has 2 aromatic heterocycles. The first kappa shape index (κ1) is 11.5. The third-order valence-electron chi connectivity index (χ3n) is 3.19. The zero-order chi connectivity index (χ0) is 13.2. The molecule has 3 N–H and O–H groups in total. The highest BCUT2D eigenvalue weighted by atomic mass is 16.1. The molecule has 0 radical (unpaired) electrons. The Labute approximate surface area is 109 Å². The van der Waals surface area contributed by atoms with Gasteiger partial charge in [0.2, 0.25) is 5.95 Å². The number of rotatable bonds is 3. The summed E-state index contributed by atoms with van der Waals surface area (Å²) in [5, 5.41) is 0.572. The van der Waals surface area contributed by atoms with Crippen LogP contribution in [0.15, 0.2) is 47.4 Å². The number of nitrogens with two attached hydrogens (primary N) is 1. The number of aromatic amines is 1. The van der Waals surface area contributed by atoms with E-state index in [4.69, 9.17) is 5.73 Å². The molecule has 0 bridgehead atoms. The van der Waals surface area contributed by atoms with Crippen LogP contribution in [0.3, 0.4) is 0 Å². The molecule has 1 aromatic carbocycles. The smallest absolute Gasteiger partial charge is 0.283 e. The van der Waals surface area contributed by atoms with Gasteiger partial charge in [-0.3, -0.25) is 9.36 Å². The second kappa shape index (κ2) is 4.61. The van der Waals surface area contributed by atoms with Gasteiger partial charge in [-0.05, 0) is 18.1 Å². The highest BCUT2D eigenvalue weighted by molar-refractivity contribution is 5.75. The standard InChI is InChI=1S/C14H14N4O/c15-14-17-13(19)11-6-8-16-12(11)18(14)9-7-10-4-2-1-3-5-10/h1-6,8,16H,7,9H2,(H2,15,17,19). The van der Waals surface area contributed by atoms with E-state index in [1.807, 2.05) is 22.8 Å². The molecule has 0 saturated heterocycles. The van der Waals surface area contributed by atoms with Gasteiger partial charge in [0.25, 0.3) is 5.56 Å². The number of nitrogens with zero attached hydrogens (tertiary/aromatic N) is 2. The first-order valence-electron chi connectivity index (χ1n) is 6.13. The lowest BCUT2D eigenvalue weighted by molar-refractivity contribution is 0.707. The largest absolute Gasteiger partial charge is 0.369 e. The molecule has 0 aliphatic carbocycles. The maximum atomic E-state index is 11.7. The van der Waals surface area contributed by atoms with Gasteiger partial charge in [-0.25, -0.2) is 0 Å². The van der Waals surface area contributed by atoms with Crippen LogP contribution in [0.2, 0.25) is 0 Å². The first-order chi connectivity index (χ1) is 9.25. The summed E-state index contributed by atoms with van der Waals surface area (Å²) in [5.41, 5.74) is 7.51. The molecule has 19 heavy (non-hydrogen) atoms. The predicted octanol–water partition coefficient (Wildman–Crippen LogP) is 1.55. The van der Waals surface area contributed by atoms with Crippen molar-refractivity contribution in [1.29, 1.82) is 0 Å². The molecule has 3 aromatic rings. The van der Waals surface area contributed by atoms with E-state index in [0.29, 0.717) is 11.9 Å². The maximum Gasteiger partial charge on any atom is 0.283 e. The fraction of sp³-hybridized carbons (Fsp3) is 0.143. The molecular formula is C14H14N4O. The number of H-pyrrole nitrogens is 1. The van der Waals surface area contributed by atoms with Crippen LogP contribution >= 0.6 is 0 Å².